The van der Waals surface area contributed by atoms with E-state index in [0.29, 0.717) is 17.4 Å². The minimum Gasteiger partial charge on any atom is -0.387 e. The molecule has 0 aromatic heterocycles. The Balaban J connectivity index is 4.25. The molecule has 0 fully saturated rings. The molecule has 0 aromatic carbocycles. The second-order valence-corrected chi connectivity index (χ2v) is 21.4. The summed E-state index contributed by atoms with van der Waals surface area (Å²) < 4.78 is 23.6. The summed E-state index contributed by atoms with van der Waals surface area (Å²) in [7, 11) is 1.54. The first kappa shape index (κ1) is 63.5. The van der Waals surface area contributed by atoms with Crippen molar-refractivity contribution >= 4 is 13.7 Å². The number of aliphatic hydroxyl groups is 1. The number of nitrogens with one attached hydrogen (secondary N) is 1. The molecule has 0 radical (unpaired) electrons. The minimum absolute atomic E-state index is 0.0512. The van der Waals surface area contributed by atoms with Gasteiger partial charge in [0.15, 0.2) is 0 Å². The van der Waals surface area contributed by atoms with Gasteiger partial charge in [-0.05, 0) is 70.6 Å². The van der Waals surface area contributed by atoms with Crippen LogP contribution in [-0.2, 0) is 18.4 Å². The van der Waals surface area contributed by atoms with E-state index in [9.17, 15) is 19.4 Å². The van der Waals surface area contributed by atoms with Gasteiger partial charge in [-0.1, -0.05) is 223 Å². The average Bonchev–Trinajstić information content (AvgIpc) is 3.26. The van der Waals surface area contributed by atoms with Crippen LogP contribution in [0.1, 0.15) is 251 Å². The van der Waals surface area contributed by atoms with E-state index in [0.717, 1.165) is 57.8 Å². The maximum atomic E-state index is 12.9. The van der Waals surface area contributed by atoms with Gasteiger partial charge in [0, 0.05) is 6.42 Å². The van der Waals surface area contributed by atoms with E-state index < -0.39 is 20.0 Å². The number of allylic oxidation sites excluding steroid dienone is 7. The van der Waals surface area contributed by atoms with Crippen LogP contribution in [0.5, 0.6) is 0 Å². The standard InChI is InChI=1S/C56H107N2O6P/c1-6-8-10-12-14-16-18-20-22-23-24-25-26-27-28-29-30-31-32-33-34-35-36-37-39-41-43-45-47-49-55(59)54(53-64-65(61,62)63-52-51-58(3,4)5)57-56(60)50-48-46-44-42-40-38-21-19-17-15-13-11-9-7-2/h19,21,34-35,39,41,47,49,54-55,59H,6-18,20,22-33,36-38,40,42-46,48,50-53H2,1-5H3,(H-,57,60,61,62)/p+1/b21-19-,35-34+,41-39+,49-47+. The number of hydrogen-bond donors (Lipinski definition) is 3. The number of nitrogens with zero attached hydrogens (tertiary/aromatic N) is 1. The quantitative estimate of drug-likeness (QED) is 0.0243. The first-order chi connectivity index (χ1) is 31.5. The SMILES string of the molecule is CCCCCCC/C=C\CCCCCCCC(=O)NC(COP(=O)(O)OCC[N+](C)(C)C)C(O)/C=C/CC/C=C/CC/C=C/CCCCCCCCCCCCCCCCCCCCC. The van der Waals surface area contributed by atoms with Crippen molar-refractivity contribution in [2.75, 3.05) is 40.9 Å². The molecule has 0 aromatic rings. The van der Waals surface area contributed by atoms with Crippen LogP contribution in [0, 0.1) is 0 Å². The Labute approximate surface area is 403 Å². The molecule has 0 aliphatic rings. The topological polar surface area (TPSA) is 105 Å². The van der Waals surface area contributed by atoms with Gasteiger partial charge < -0.3 is 19.8 Å². The normalized spacial score (nSPS) is 14.4. The highest BCUT2D eigenvalue weighted by molar-refractivity contribution is 7.47. The van der Waals surface area contributed by atoms with E-state index in [1.165, 1.54) is 173 Å². The molecule has 0 spiro atoms. The van der Waals surface area contributed by atoms with Crippen molar-refractivity contribution in [1.82, 2.24) is 5.32 Å². The molecule has 0 heterocycles. The number of rotatable bonds is 50. The summed E-state index contributed by atoms with van der Waals surface area (Å²) in [4.78, 5) is 23.2. The molecule has 65 heavy (non-hydrogen) atoms. The van der Waals surface area contributed by atoms with Gasteiger partial charge in [-0.15, -0.1) is 0 Å². The van der Waals surface area contributed by atoms with Crippen LogP contribution in [0.3, 0.4) is 0 Å². The molecule has 382 valence electrons. The molecule has 0 rings (SSSR count). The zero-order valence-corrected chi connectivity index (χ0v) is 44.4. The maximum Gasteiger partial charge on any atom is 0.472 e. The molecule has 0 bridgehead atoms. The number of amides is 1. The van der Waals surface area contributed by atoms with Crippen molar-refractivity contribution in [2.24, 2.45) is 0 Å². The Morgan fingerprint density at radius 3 is 1.23 bits per heavy atom. The number of aliphatic hydroxyl groups excluding tert-OH is 1. The largest absolute Gasteiger partial charge is 0.472 e. The van der Waals surface area contributed by atoms with E-state index in [1.54, 1.807) is 6.08 Å². The fourth-order valence-corrected chi connectivity index (χ4v) is 8.63. The van der Waals surface area contributed by atoms with E-state index >= 15 is 0 Å². The smallest absolute Gasteiger partial charge is 0.387 e. The van der Waals surface area contributed by atoms with Gasteiger partial charge in [-0.3, -0.25) is 13.8 Å². The van der Waals surface area contributed by atoms with Crippen LogP contribution >= 0.6 is 7.82 Å². The summed E-state index contributed by atoms with van der Waals surface area (Å²) in [6.45, 7) is 4.78. The maximum absolute atomic E-state index is 12.9. The highest BCUT2D eigenvalue weighted by Gasteiger charge is 2.27. The van der Waals surface area contributed by atoms with Crippen molar-refractivity contribution in [3.63, 3.8) is 0 Å². The third-order valence-corrected chi connectivity index (χ3v) is 13.2. The number of quaternary nitrogens is 1. The highest BCUT2D eigenvalue weighted by Crippen LogP contribution is 2.43. The monoisotopic (exact) mass is 936 g/mol. The molecule has 0 aliphatic carbocycles. The lowest BCUT2D eigenvalue weighted by atomic mass is 10.0. The number of phosphoric acid groups is 1. The lowest BCUT2D eigenvalue weighted by molar-refractivity contribution is -0.870. The van der Waals surface area contributed by atoms with Crippen LogP contribution < -0.4 is 5.32 Å². The number of phosphoric ester groups is 1. The fraction of sp³-hybridized carbons (Fsp3) is 0.839. The molecular formula is C56H108N2O6P+. The summed E-state index contributed by atoms with van der Waals surface area (Å²) in [6.07, 6.45) is 62.2. The highest BCUT2D eigenvalue weighted by atomic mass is 31.2. The van der Waals surface area contributed by atoms with Crippen LogP contribution in [0.25, 0.3) is 0 Å². The van der Waals surface area contributed by atoms with Gasteiger partial charge in [0.05, 0.1) is 39.9 Å². The molecule has 3 N–H and O–H groups in total. The van der Waals surface area contributed by atoms with Gasteiger partial charge in [0.25, 0.3) is 0 Å². The molecule has 9 heteroatoms. The predicted octanol–water partition coefficient (Wildman–Crippen LogP) is 16.4. The third kappa shape index (κ3) is 50.2. The summed E-state index contributed by atoms with van der Waals surface area (Å²) in [5, 5.41) is 13.9. The molecule has 1 amide bonds. The van der Waals surface area contributed by atoms with Crippen LogP contribution in [0.15, 0.2) is 48.6 Å². The van der Waals surface area contributed by atoms with Crippen LogP contribution in [0.2, 0.25) is 0 Å². The number of likely N-dealkylation sites (N-methyl/N-ethyl adjacent to an activating group) is 1. The molecular weight excluding hydrogens is 828 g/mol. The zero-order chi connectivity index (χ0) is 47.8. The first-order valence-electron chi connectivity index (χ1n) is 27.5. The third-order valence-electron chi connectivity index (χ3n) is 12.2. The molecule has 8 nitrogen and oxygen atoms in total. The van der Waals surface area contributed by atoms with Crippen molar-refractivity contribution in [2.45, 2.75) is 264 Å². The molecule has 3 atom stereocenters. The van der Waals surface area contributed by atoms with Gasteiger partial charge in [0.2, 0.25) is 5.91 Å². The second kappa shape index (κ2) is 47.5. The minimum atomic E-state index is -4.36. The van der Waals surface area contributed by atoms with Gasteiger partial charge >= 0.3 is 7.82 Å². The molecule has 0 saturated heterocycles. The average molecular weight is 936 g/mol. The fourth-order valence-electron chi connectivity index (χ4n) is 7.89. The Bertz CT molecular complexity index is 1200. The van der Waals surface area contributed by atoms with Crippen LogP contribution in [-0.4, -0.2) is 73.4 Å². The van der Waals surface area contributed by atoms with Crippen molar-refractivity contribution in [3.8, 4) is 0 Å². The lowest BCUT2D eigenvalue weighted by Crippen LogP contribution is -2.45. The number of carbonyl (C=O) groups is 1. The van der Waals surface area contributed by atoms with Gasteiger partial charge in [-0.25, -0.2) is 4.57 Å². The molecule has 0 saturated carbocycles. The predicted molar refractivity (Wildman–Crippen MR) is 281 cm³/mol. The molecule has 3 unspecified atom stereocenters. The summed E-state index contributed by atoms with van der Waals surface area (Å²) in [5.74, 6) is -0.200. The summed E-state index contributed by atoms with van der Waals surface area (Å²) >= 11 is 0. The molecule has 0 aliphatic heterocycles. The summed E-state index contributed by atoms with van der Waals surface area (Å²) in [6, 6.07) is -0.874. The van der Waals surface area contributed by atoms with Gasteiger partial charge in [-0.2, -0.15) is 0 Å². The second-order valence-electron chi connectivity index (χ2n) is 19.9. The Morgan fingerprint density at radius 2 is 0.846 bits per heavy atom. The number of unbranched alkanes of at least 4 members (excludes halogenated alkanes) is 31. The van der Waals surface area contributed by atoms with Crippen LogP contribution in [0.4, 0.5) is 0 Å². The lowest BCUT2D eigenvalue weighted by Gasteiger charge is -2.25. The van der Waals surface area contributed by atoms with Crippen molar-refractivity contribution in [3.05, 3.63) is 48.6 Å². The Kier molecular flexibility index (Phi) is 46.4. The van der Waals surface area contributed by atoms with E-state index in [2.05, 4.69) is 55.6 Å². The first-order valence-corrected chi connectivity index (χ1v) is 29.0. The summed E-state index contributed by atoms with van der Waals surface area (Å²) in [5.41, 5.74) is 0. The van der Waals surface area contributed by atoms with Gasteiger partial charge in [0.1, 0.15) is 13.2 Å². The Morgan fingerprint density at radius 1 is 0.508 bits per heavy atom. The van der Waals surface area contributed by atoms with Crippen molar-refractivity contribution in [1.29, 1.82) is 0 Å². The van der Waals surface area contributed by atoms with E-state index in [4.69, 9.17) is 9.05 Å². The van der Waals surface area contributed by atoms with E-state index in [-0.39, 0.29) is 19.1 Å². The zero-order valence-electron chi connectivity index (χ0n) is 43.5. The van der Waals surface area contributed by atoms with E-state index in [1.807, 2.05) is 27.2 Å². The number of hydrogen-bond acceptors (Lipinski definition) is 5. The Hall–Kier alpha value is -1.54. The number of carbonyl (C=O) groups excluding carboxylic acids is 1. The van der Waals surface area contributed by atoms with Crippen molar-refractivity contribution < 1.29 is 32.9 Å².